The normalized spacial score (nSPS) is 16.0. The summed E-state index contributed by atoms with van der Waals surface area (Å²) in [7, 11) is 1.26. The van der Waals surface area contributed by atoms with Gasteiger partial charge in [-0.3, -0.25) is 14.5 Å². The van der Waals surface area contributed by atoms with E-state index in [-0.39, 0.29) is 39.4 Å². The van der Waals surface area contributed by atoms with Crippen LogP contribution in [0.4, 0.5) is 5.13 Å². The molecular weight excluding hydrogens is 572 g/mol. The molecule has 43 heavy (non-hydrogen) atoms. The lowest BCUT2D eigenvalue weighted by atomic mass is 9.94. The number of aryl methyl sites for hydroxylation is 1. The maximum Gasteiger partial charge on any atom is 0.350 e. The Morgan fingerprint density at radius 1 is 1.02 bits per heavy atom. The Kier molecular flexibility index (Phi) is 9.97. The first-order chi connectivity index (χ1) is 20.6. The number of rotatable bonds is 11. The van der Waals surface area contributed by atoms with Crippen LogP contribution in [0.1, 0.15) is 76.5 Å². The van der Waals surface area contributed by atoms with Crippen molar-refractivity contribution in [2.24, 2.45) is 5.92 Å². The Labute approximate surface area is 253 Å². The molecule has 1 N–H and O–H groups in total. The Hall–Kier alpha value is -4.51. The number of hydrogen-bond acceptors (Lipinski definition) is 10. The third-order valence-electron chi connectivity index (χ3n) is 6.71. The quantitative estimate of drug-likeness (QED) is 0.0937. The second-order valence-corrected chi connectivity index (χ2v) is 11.4. The lowest BCUT2D eigenvalue weighted by Gasteiger charge is -2.23. The fourth-order valence-electron chi connectivity index (χ4n) is 4.45. The molecule has 2 heterocycles. The highest BCUT2D eigenvalue weighted by Gasteiger charge is 2.48. The van der Waals surface area contributed by atoms with Gasteiger partial charge < -0.3 is 19.3 Å². The number of nitrogens with zero attached hydrogens (tertiary/aromatic N) is 2. The van der Waals surface area contributed by atoms with E-state index >= 15 is 0 Å². The smallest absolute Gasteiger partial charge is 0.350 e. The lowest BCUT2D eigenvalue weighted by Crippen LogP contribution is -2.29. The number of aliphatic hydroxyl groups is 1. The van der Waals surface area contributed by atoms with E-state index in [4.69, 9.17) is 14.2 Å². The number of carbonyl (C=O) groups excluding carboxylic acids is 4. The largest absolute Gasteiger partial charge is 0.507 e. The highest BCUT2D eigenvalue weighted by atomic mass is 32.1. The summed E-state index contributed by atoms with van der Waals surface area (Å²) in [6.45, 7) is 8.27. The summed E-state index contributed by atoms with van der Waals surface area (Å²) in [5.74, 6) is -2.62. The SMILES string of the molecule is CCCCOc1ccc(C(O)=C2C(=O)C(=O)N(c3nc(C)c(C(=O)OCC(C)C)s3)[C@@H]2c2ccc(C(=O)OC)cc2)cc1. The van der Waals surface area contributed by atoms with Crippen molar-refractivity contribution in [2.75, 3.05) is 25.2 Å². The zero-order valence-electron chi connectivity index (χ0n) is 24.7. The van der Waals surface area contributed by atoms with Crippen molar-refractivity contribution in [3.8, 4) is 5.75 Å². The molecule has 3 aromatic rings. The minimum Gasteiger partial charge on any atom is -0.507 e. The maximum absolute atomic E-state index is 13.6. The molecule has 0 unspecified atom stereocenters. The second kappa shape index (κ2) is 13.6. The third kappa shape index (κ3) is 6.77. The number of aliphatic hydroxyl groups excluding tert-OH is 1. The monoisotopic (exact) mass is 606 g/mol. The molecule has 1 aromatic heterocycles. The van der Waals surface area contributed by atoms with E-state index in [2.05, 4.69) is 11.9 Å². The van der Waals surface area contributed by atoms with Crippen molar-refractivity contribution in [3.05, 3.63) is 81.4 Å². The van der Waals surface area contributed by atoms with E-state index in [1.54, 1.807) is 43.3 Å². The van der Waals surface area contributed by atoms with E-state index < -0.39 is 29.7 Å². The fraction of sp³-hybridized carbons (Fsp3) is 0.344. The summed E-state index contributed by atoms with van der Waals surface area (Å²) in [6.07, 6.45) is 1.88. The number of esters is 2. The maximum atomic E-state index is 13.6. The van der Waals surface area contributed by atoms with Crippen LogP contribution in [0.3, 0.4) is 0 Å². The molecule has 1 atom stereocenters. The number of thiazole rings is 1. The summed E-state index contributed by atoms with van der Waals surface area (Å²) in [4.78, 5) is 57.7. The number of carbonyl (C=O) groups is 4. The van der Waals surface area contributed by atoms with Gasteiger partial charge >= 0.3 is 17.8 Å². The van der Waals surface area contributed by atoms with Gasteiger partial charge in [0, 0.05) is 5.56 Å². The number of benzene rings is 2. The molecular formula is C32H34N2O8S. The van der Waals surface area contributed by atoms with Crippen LogP contribution < -0.4 is 9.64 Å². The number of unbranched alkanes of at least 4 members (excludes halogenated alkanes) is 1. The Morgan fingerprint density at radius 3 is 2.28 bits per heavy atom. The first-order valence-electron chi connectivity index (χ1n) is 13.9. The Bertz CT molecular complexity index is 1540. The van der Waals surface area contributed by atoms with Crippen LogP contribution >= 0.6 is 11.3 Å². The second-order valence-electron chi connectivity index (χ2n) is 10.4. The van der Waals surface area contributed by atoms with Gasteiger partial charge in [0.1, 0.15) is 16.4 Å². The van der Waals surface area contributed by atoms with Crippen LogP contribution in [0.15, 0.2) is 54.1 Å². The highest BCUT2D eigenvalue weighted by molar-refractivity contribution is 7.17. The van der Waals surface area contributed by atoms with Crippen LogP contribution in [-0.2, 0) is 19.1 Å². The van der Waals surface area contributed by atoms with Crippen molar-refractivity contribution >= 4 is 45.9 Å². The molecule has 0 radical (unpaired) electrons. The van der Waals surface area contributed by atoms with Gasteiger partial charge in [-0.05, 0) is 61.2 Å². The molecule has 4 rings (SSSR count). The number of anilines is 1. The Morgan fingerprint density at radius 2 is 1.67 bits per heavy atom. The number of Topliss-reactive ketones (excluding diaryl/α,β-unsaturated/α-hetero) is 1. The molecule has 226 valence electrons. The summed E-state index contributed by atoms with van der Waals surface area (Å²) in [5.41, 5.74) is 1.19. The van der Waals surface area contributed by atoms with Crippen molar-refractivity contribution in [2.45, 2.75) is 46.6 Å². The van der Waals surface area contributed by atoms with Crippen LogP contribution in [0.25, 0.3) is 5.76 Å². The van der Waals surface area contributed by atoms with E-state index in [0.29, 0.717) is 29.2 Å². The van der Waals surface area contributed by atoms with Gasteiger partial charge in [-0.1, -0.05) is 50.7 Å². The number of methoxy groups -OCH3 is 1. The minimum absolute atomic E-state index is 0.0943. The average molecular weight is 607 g/mol. The molecule has 1 fully saturated rings. The van der Waals surface area contributed by atoms with Crippen molar-refractivity contribution in [3.63, 3.8) is 0 Å². The number of ketones is 1. The molecule has 0 saturated carbocycles. The van der Waals surface area contributed by atoms with E-state index in [0.717, 1.165) is 24.2 Å². The minimum atomic E-state index is -1.10. The molecule has 10 nitrogen and oxygen atoms in total. The topological polar surface area (TPSA) is 132 Å². The van der Waals surface area contributed by atoms with Gasteiger partial charge in [0.25, 0.3) is 5.78 Å². The summed E-state index contributed by atoms with van der Waals surface area (Å²) < 4.78 is 15.9. The average Bonchev–Trinajstić information content (AvgIpc) is 3.51. The molecule has 0 bridgehead atoms. The first-order valence-corrected chi connectivity index (χ1v) is 14.8. The molecule has 1 amide bonds. The number of ether oxygens (including phenoxy) is 3. The molecule has 1 aliphatic rings. The zero-order chi connectivity index (χ0) is 31.3. The van der Waals surface area contributed by atoms with Crippen LogP contribution in [0.2, 0.25) is 0 Å². The fourth-order valence-corrected chi connectivity index (χ4v) is 5.43. The molecule has 2 aromatic carbocycles. The van der Waals surface area contributed by atoms with Crippen LogP contribution in [0, 0.1) is 12.8 Å². The third-order valence-corrected chi connectivity index (χ3v) is 7.85. The zero-order valence-corrected chi connectivity index (χ0v) is 25.5. The standard InChI is InChI=1S/C32H34N2O8S/c1-6-7-16-41-23-14-12-21(13-15-23)26(35)24-25(20-8-10-22(11-9-20)30(38)40-5)34(29(37)27(24)36)32-33-19(4)28(43-32)31(39)42-17-18(2)3/h8-15,18,25,35H,6-7,16-17H2,1-5H3/t25-/m1/s1. The van der Waals surface area contributed by atoms with Crippen molar-refractivity contribution in [1.82, 2.24) is 4.98 Å². The Balaban J connectivity index is 1.80. The lowest BCUT2D eigenvalue weighted by molar-refractivity contribution is -0.132. The summed E-state index contributed by atoms with van der Waals surface area (Å²) in [6, 6.07) is 11.6. The molecule has 0 spiro atoms. The summed E-state index contributed by atoms with van der Waals surface area (Å²) in [5, 5.41) is 11.5. The van der Waals surface area contributed by atoms with Crippen LogP contribution in [-0.4, -0.2) is 54.0 Å². The van der Waals surface area contributed by atoms with Gasteiger partial charge in [-0.15, -0.1) is 0 Å². The highest BCUT2D eigenvalue weighted by Crippen LogP contribution is 2.44. The van der Waals surface area contributed by atoms with E-state index in [1.165, 1.54) is 24.1 Å². The molecule has 11 heteroatoms. The number of hydrogen-bond donors (Lipinski definition) is 1. The predicted octanol–water partition coefficient (Wildman–Crippen LogP) is 5.86. The first kappa shape index (κ1) is 31.4. The molecule has 1 aliphatic heterocycles. The van der Waals surface area contributed by atoms with E-state index in [9.17, 15) is 24.3 Å². The molecule has 0 aliphatic carbocycles. The predicted molar refractivity (Wildman–Crippen MR) is 161 cm³/mol. The summed E-state index contributed by atoms with van der Waals surface area (Å²) >= 11 is 0.926. The van der Waals surface area contributed by atoms with E-state index in [1.807, 2.05) is 13.8 Å². The number of aromatic nitrogens is 1. The van der Waals surface area contributed by atoms with Gasteiger partial charge in [0.05, 0.1) is 43.2 Å². The number of amides is 1. The van der Waals surface area contributed by atoms with Crippen molar-refractivity contribution < 1.29 is 38.5 Å². The van der Waals surface area contributed by atoms with Crippen LogP contribution in [0.5, 0.6) is 5.75 Å². The van der Waals surface area contributed by atoms with Gasteiger partial charge in [-0.25, -0.2) is 14.6 Å². The van der Waals surface area contributed by atoms with Gasteiger partial charge in [-0.2, -0.15) is 0 Å². The van der Waals surface area contributed by atoms with Crippen molar-refractivity contribution in [1.29, 1.82) is 0 Å². The van der Waals surface area contributed by atoms with Gasteiger partial charge in [0.2, 0.25) is 0 Å². The molecule has 1 saturated heterocycles. The van der Waals surface area contributed by atoms with Gasteiger partial charge in [0.15, 0.2) is 5.13 Å².